The second-order valence-corrected chi connectivity index (χ2v) is 12.3. The summed E-state index contributed by atoms with van der Waals surface area (Å²) < 4.78 is 13.1. The van der Waals surface area contributed by atoms with E-state index in [9.17, 15) is 9.59 Å². The molecular formula is C39H37N3O4. The van der Waals surface area contributed by atoms with Gasteiger partial charge in [0.05, 0.1) is 17.8 Å². The van der Waals surface area contributed by atoms with Gasteiger partial charge in [0, 0.05) is 35.2 Å². The number of rotatable bonds is 9. The molecule has 0 fully saturated rings. The number of carbonyl (C=O) groups is 2. The van der Waals surface area contributed by atoms with Gasteiger partial charge in [0.2, 0.25) is 5.89 Å². The summed E-state index contributed by atoms with van der Waals surface area (Å²) in [4.78, 5) is 33.4. The number of hydrogen-bond acceptors (Lipinski definition) is 5. The van der Waals surface area contributed by atoms with Gasteiger partial charge in [-0.3, -0.25) is 9.36 Å². The Morgan fingerprint density at radius 1 is 0.826 bits per heavy atom. The van der Waals surface area contributed by atoms with Gasteiger partial charge >= 0.3 is 6.09 Å². The van der Waals surface area contributed by atoms with Crippen LogP contribution in [0.2, 0.25) is 0 Å². The third-order valence-corrected chi connectivity index (χ3v) is 7.86. The number of hydrogen-bond donors (Lipinski definition) is 0. The summed E-state index contributed by atoms with van der Waals surface area (Å²) in [6.45, 7) is 6.31. The first kappa shape index (κ1) is 30.6. The number of carbonyl (C=O) groups excluding carboxylic acids is 2. The van der Waals surface area contributed by atoms with Crippen molar-refractivity contribution in [2.45, 2.75) is 45.3 Å². The minimum absolute atomic E-state index is 0.0680. The van der Waals surface area contributed by atoms with E-state index in [-0.39, 0.29) is 18.4 Å². The fourth-order valence-corrected chi connectivity index (χ4v) is 5.72. The van der Waals surface area contributed by atoms with Crippen LogP contribution in [0.3, 0.4) is 0 Å². The number of nitrogens with zero attached hydrogens (tertiary/aromatic N) is 3. The average Bonchev–Trinajstić information content (AvgIpc) is 3.72. The van der Waals surface area contributed by atoms with Crippen LogP contribution in [0.4, 0.5) is 4.79 Å². The van der Waals surface area contributed by atoms with E-state index in [1.165, 1.54) is 15.7 Å². The van der Waals surface area contributed by atoms with Crippen molar-refractivity contribution < 1.29 is 18.7 Å². The first-order valence-corrected chi connectivity index (χ1v) is 15.5. The monoisotopic (exact) mass is 611 g/mol. The SMILES string of the molecule is CC(C)(C)OC(=O)n1ccc2c(-c3nc(CN(CCC(c4ccccc4)c4ccccc4)C(=O)c4ccccc4)co3)cccc21. The van der Waals surface area contributed by atoms with Crippen molar-refractivity contribution in [3.8, 4) is 11.5 Å². The van der Waals surface area contributed by atoms with Crippen LogP contribution >= 0.6 is 0 Å². The van der Waals surface area contributed by atoms with Gasteiger partial charge < -0.3 is 14.1 Å². The molecule has 0 aliphatic heterocycles. The van der Waals surface area contributed by atoms with E-state index < -0.39 is 11.7 Å². The van der Waals surface area contributed by atoms with Crippen molar-refractivity contribution in [1.29, 1.82) is 0 Å². The largest absolute Gasteiger partial charge is 0.444 e. The Labute approximate surface area is 269 Å². The molecule has 2 aromatic heterocycles. The maximum atomic E-state index is 13.9. The molecule has 0 bridgehead atoms. The van der Waals surface area contributed by atoms with Crippen LogP contribution in [0.1, 0.15) is 60.3 Å². The van der Waals surface area contributed by atoms with Gasteiger partial charge in [-0.05, 0) is 68.7 Å². The third kappa shape index (κ3) is 6.94. The highest BCUT2D eigenvalue weighted by molar-refractivity contribution is 5.98. The maximum absolute atomic E-state index is 13.9. The molecule has 2 heterocycles. The molecule has 0 saturated carbocycles. The minimum Gasteiger partial charge on any atom is -0.444 e. The van der Waals surface area contributed by atoms with Gasteiger partial charge in [-0.25, -0.2) is 9.78 Å². The van der Waals surface area contributed by atoms with E-state index in [0.717, 1.165) is 17.4 Å². The van der Waals surface area contributed by atoms with Gasteiger partial charge in [0.25, 0.3) is 5.91 Å². The Balaban J connectivity index is 1.27. The minimum atomic E-state index is -0.617. The van der Waals surface area contributed by atoms with Crippen LogP contribution in [0.15, 0.2) is 132 Å². The normalized spacial score (nSPS) is 11.6. The van der Waals surface area contributed by atoms with Crippen molar-refractivity contribution in [3.63, 3.8) is 0 Å². The summed E-state index contributed by atoms with van der Waals surface area (Å²) in [6, 6.07) is 37.6. The van der Waals surface area contributed by atoms with E-state index in [1.54, 1.807) is 12.5 Å². The van der Waals surface area contributed by atoms with Gasteiger partial charge in [0.15, 0.2) is 0 Å². The summed E-state index contributed by atoms with van der Waals surface area (Å²) in [5.74, 6) is 0.468. The number of amides is 1. The molecule has 6 aromatic rings. The first-order chi connectivity index (χ1) is 22.3. The van der Waals surface area contributed by atoms with Crippen molar-refractivity contribution in [2.75, 3.05) is 6.54 Å². The third-order valence-electron chi connectivity index (χ3n) is 7.86. The molecule has 1 amide bonds. The average molecular weight is 612 g/mol. The molecule has 7 heteroatoms. The highest BCUT2D eigenvalue weighted by Crippen LogP contribution is 2.31. The molecule has 0 aliphatic carbocycles. The molecule has 0 spiro atoms. The molecular weight excluding hydrogens is 574 g/mol. The van der Waals surface area contributed by atoms with E-state index in [0.29, 0.717) is 29.2 Å². The second-order valence-electron chi connectivity index (χ2n) is 12.3. The number of benzene rings is 4. The number of oxazole rings is 1. The lowest BCUT2D eigenvalue weighted by atomic mass is 9.88. The zero-order chi connectivity index (χ0) is 32.1. The summed E-state index contributed by atoms with van der Waals surface area (Å²) in [5.41, 5.74) is 4.50. The van der Waals surface area contributed by atoms with Crippen molar-refractivity contribution in [3.05, 3.63) is 150 Å². The van der Waals surface area contributed by atoms with Crippen LogP contribution in [0.5, 0.6) is 0 Å². The number of ether oxygens (including phenoxy) is 1. The lowest BCUT2D eigenvalue weighted by Crippen LogP contribution is -2.32. The van der Waals surface area contributed by atoms with Crippen LogP contribution in [-0.4, -0.2) is 38.6 Å². The predicted molar refractivity (Wildman–Crippen MR) is 180 cm³/mol. The smallest absolute Gasteiger partial charge is 0.418 e. The number of aromatic nitrogens is 2. The standard InChI is InChI=1S/C39H37N3O4/c1-39(2,3)46-38(44)42-25-23-33-34(20-13-21-35(33)42)36-40-31(27-45-36)26-41(37(43)30-18-11-6-12-19-30)24-22-32(28-14-7-4-8-15-28)29-16-9-5-10-17-29/h4-21,23,25,27,32H,22,24,26H2,1-3H3. The van der Waals surface area contributed by atoms with Crippen LogP contribution in [-0.2, 0) is 11.3 Å². The van der Waals surface area contributed by atoms with Crippen LogP contribution in [0, 0.1) is 0 Å². The van der Waals surface area contributed by atoms with Crippen LogP contribution < -0.4 is 0 Å². The Morgan fingerprint density at radius 3 is 2.09 bits per heavy atom. The Bertz CT molecular complexity index is 1880. The Kier molecular flexibility index (Phi) is 8.83. The lowest BCUT2D eigenvalue weighted by molar-refractivity contribution is 0.0544. The molecule has 0 atom stereocenters. The van der Waals surface area contributed by atoms with E-state index in [4.69, 9.17) is 14.1 Å². The maximum Gasteiger partial charge on any atom is 0.418 e. The summed E-state index contributed by atoms with van der Waals surface area (Å²) in [7, 11) is 0. The van der Waals surface area contributed by atoms with Gasteiger partial charge in [-0.2, -0.15) is 0 Å². The molecule has 0 aliphatic rings. The van der Waals surface area contributed by atoms with Crippen molar-refractivity contribution >= 4 is 22.9 Å². The van der Waals surface area contributed by atoms with Crippen LogP contribution in [0.25, 0.3) is 22.4 Å². The zero-order valence-electron chi connectivity index (χ0n) is 26.3. The van der Waals surface area contributed by atoms with Gasteiger partial charge in [0.1, 0.15) is 11.9 Å². The summed E-state index contributed by atoms with van der Waals surface area (Å²) in [5, 5.41) is 0.813. The molecule has 4 aromatic carbocycles. The highest BCUT2D eigenvalue weighted by atomic mass is 16.6. The fourth-order valence-electron chi connectivity index (χ4n) is 5.72. The van der Waals surface area contributed by atoms with E-state index in [1.807, 2.05) is 92.4 Å². The van der Waals surface area contributed by atoms with Gasteiger partial charge in [-0.15, -0.1) is 0 Å². The van der Waals surface area contributed by atoms with Crippen molar-refractivity contribution in [1.82, 2.24) is 14.5 Å². The molecule has 232 valence electrons. The number of fused-ring (bicyclic) bond motifs is 1. The summed E-state index contributed by atoms with van der Waals surface area (Å²) >= 11 is 0. The fraction of sp³-hybridized carbons (Fsp3) is 0.205. The molecule has 0 N–H and O–H groups in total. The molecule has 0 unspecified atom stereocenters. The van der Waals surface area contributed by atoms with E-state index >= 15 is 0 Å². The zero-order valence-corrected chi connectivity index (χ0v) is 26.3. The van der Waals surface area contributed by atoms with E-state index in [2.05, 4.69) is 48.5 Å². The predicted octanol–water partition coefficient (Wildman–Crippen LogP) is 8.94. The highest BCUT2D eigenvalue weighted by Gasteiger charge is 2.23. The topological polar surface area (TPSA) is 77.6 Å². The Morgan fingerprint density at radius 2 is 1.46 bits per heavy atom. The lowest BCUT2D eigenvalue weighted by Gasteiger charge is -2.25. The molecule has 0 radical (unpaired) electrons. The second kappa shape index (κ2) is 13.3. The van der Waals surface area contributed by atoms with Gasteiger partial charge in [-0.1, -0.05) is 84.9 Å². The Hall–Kier alpha value is -5.43. The molecule has 6 rings (SSSR count). The molecule has 0 saturated heterocycles. The molecule has 46 heavy (non-hydrogen) atoms. The summed E-state index contributed by atoms with van der Waals surface area (Å²) in [6.07, 6.45) is 3.58. The first-order valence-electron chi connectivity index (χ1n) is 15.5. The van der Waals surface area contributed by atoms with Crippen molar-refractivity contribution in [2.24, 2.45) is 0 Å². The molecule has 7 nitrogen and oxygen atoms in total. The quantitative estimate of drug-likeness (QED) is 0.163.